The van der Waals surface area contributed by atoms with E-state index < -0.39 is 0 Å². The van der Waals surface area contributed by atoms with Crippen LogP contribution in [0.1, 0.15) is 65.2 Å². The van der Waals surface area contributed by atoms with Crippen molar-refractivity contribution in [3.05, 3.63) is 0 Å². The molecule has 8 atom stereocenters. The molecule has 4 aliphatic carbocycles. The summed E-state index contributed by atoms with van der Waals surface area (Å²) in [5.74, 6) is 6.35. The van der Waals surface area contributed by atoms with Gasteiger partial charge in [-0.1, -0.05) is 26.7 Å². The lowest BCUT2D eigenvalue weighted by Crippen LogP contribution is -2.46. The minimum atomic E-state index is 0.842. The molecule has 4 aliphatic rings. The van der Waals surface area contributed by atoms with E-state index in [1.807, 2.05) is 0 Å². The van der Waals surface area contributed by atoms with E-state index >= 15 is 0 Å². The number of rotatable bonds is 3. The molecule has 0 amide bonds. The summed E-state index contributed by atoms with van der Waals surface area (Å²) in [6, 6.07) is 1.74. The number of hydrogen-bond acceptors (Lipinski definition) is 1. The molecular formula is C18H31N. The Kier molecular flexibility index (Phi) is 3.17. The Morgan fingerprint density at radius 1 is 0.895 bits per heavy atom. The van der Waals surface area contributed by atoms with Gasteiger partial charge in [0, 0.05) is 12.1 Å². The number of fused-ring (bicyclic) bond motifs is 5. The molecule has 0 aromatic heterocycles. The fourth-order valence-electron chi connectivity index (χ4n) is 6.59. The monoisotopic (exact) mass is 261 g/mol. The molecule has 1 N–H and O–H groups in total. The maximum atomic E-state index is 4.14. The molecule has 0 spiro atoms. The second-order valence-corrected chi connectivity index (χ2v) is 8.14. The molecule has 0 aromatic rings. The summed E-state index contributed by atoms with van der Waals surface area (Å²) in [6.07, 6.45) is 12.1. The van der Waals surface area contributed by atoms with E-state index in [1.165, 1.54) is 32.1 Å². The molecule has 1 heteroatoms. The number of nitrogens with one attached hydrogen (secondary N) is 1. The van der Waals surface area contributed by atoms with Crippen LogP contribution in [0.25, 0.3) is 0 Å². The van der Waals surface area contributed by atoms with Crippen LogP contribution in [0.3, 0.4) is 0 Å². The second-order valence-electron chi connectivity index (χ2n) is 8.14. The first-order valence-electron chi connectivity index (χ1n) is 9.04. The minimum absolute atomic E-state index is 0.842. The van der Waals surface area contributed by atoms with Crippen LogP contribution in [-0.4, -0.2) is 12.1 Å². The average molecular weight is 261 g/mol. The zero-order valence-corrected chi connectivity index (χ0v) is 12.8. The first kappa shape index (κ1) is 12.7. The van der Waals surface area contributed by atoms with Gasteiger partial charge in [0.15, 0.2) is 0 Å². The summed E-state index contributed by atoms with van der Waals surface area (Å²) in [4.78, 5) is 0. The van der Waals surface area contributed by atoms with Crippen LogP contribution in [-0.2, 0) is 0 Å². The lowest BCUT2D eigenvalue weighted by atomic mass is 9.78. The van der Waals surface area contributed by atoms with E-state index in [9.17, 15) is 0 Å². The zero-order chi connectivity index (χ0) is 13.0. The maximum absolute atomic E-state index is 4.14. The zero-order valence-electron chi connectivity index (χ0n) is 12.8. The lowest BCUT2D eigenvalue weighted by Gasteiger charge is -2.35. The highest BCUT2D eigenvalue weighted by Crippen LogP contribution is 2.59. The molecular weight excluding hydrogens is 230 g/mol. The van der Waals surface area contributed by atoms with E-state index in [2.05, 4.69) is 19.2 Å². The highest BCUT2D eigenvalue weighted by Gasteiger charge is 2.54. The molecule has 0 saturated heterocycles. The lowest BCUT2D eigenvalue weighted by molar-refractivity contribution is 0.187. The van der Waals surface area contributed by atoms with Crippen LogP contribution < -0.4 is 5.32 Å². The van der Waals surface area contributed by atoms with Crippen molar-refractivity contribution in [1.29, 1.82) is 0 Å². The smallest absolute Gasteiger partial charge is 0.0104 e. The predicted molar refractivity (Wildman–Crippen MR) is 79.9 cm³/mol. The standard InChI is InChI=1S/C18H31N/c1-3-12-7-8-17(11(12)2)19-18-10-13-9-16(18)15-6-4-5-14(13)15/h11-19H,3-10H2,1-2H3. The van der Waals surface area contributed by atoms with Gasteiger partial charge in [-0.05, 0) is 74.0 Å². The van der Waals surface area contributed by atoms with E-state index in [-0.39, 0.29) is 0 Å². The van der Waals surface area contributed by atoms with Gasteiger partial charge in [-0.2, -0.15) is 0 Å². The third kappa shape index (κ3) is 1.91. The van der Waals surface area contributed by atoms with Crippen LogP contribution in [0, 0.1) is 35.5 Å². The van der Waals surface area contributed by atoms with Crippen LogP contribution in [0.15, 0.2) is 0 Å². The Bertz CT molecular complexity index is 339. The summed E-state index contributed by atoms with van der Waals surface area (Å²) >= 11 is 0. The molecule has 8 unspecified atom stereocenters. The summed E-state index contributed by atoms with van der Waals surface area (Å²) < 4.78 is 0. The highest BCUT2D eigenvalue weighted by molar-refractivity contribution is 5.06. The molecule has 19 heavy (non-hydrogen) atoms. The molecule has 0 aromatic carbocycles. The largest absolute Gasteiger partial charge is 0.311 e. The molecule has 2 bridgehead atoms. The van der Waals surface area contributed by atoms with Crippen molar-refractivity contribution < 1.29 is 0 Å². The van der Waals surface area contributed by atoms with E-state index in [1.54, 1.807) is 19.3 Å². The Balaban J connectivity index is 1.40. The van der Waals surface area contributed by atoms with Crippen molar-refractivity contribution in [2.75, 3.05) is 0 Å². The SMILES string of the molecule is CCC1CCC(NC2CC3CC2C2CCCC32)C1C. The minimum Gasteiger partial charge on any atom is -0.311 e. The predicted octanol–water partition coefficient (Wildman–Crippen LogP) is 4.23. The van der Waals surface area contributed by atoms with Gasteiger partial charge in [0.05, 0.1) is 0 Å². The highest BCUT2D eigenvalue weighted by atomic mass is 15.0. The van der Waals surface area contributed by atoms with Gasteiger partial charge in [-0.3, -0.25) is 0 Å². The molecule has 1 nitrogen and oxygen atoms in total. The molecule has 0 radical (unpaired) electrons. The third-order valence-electron chi connectivity index (χ3n) is 7.61. The summed E-state index contributed by atoms with van der Waals surface area (Å²) in [7, 11) is 0. The maximum Gasteiger partial charge on any atom is 0.0104 e. The van der Waals surface area contributed by atoms with Gasteiger partial charge in [0.2, 0.25) is 0 Å². The van der Waals surface area contributed by atoms with Crippen molar-refractivity contribution in [2.24, 2.45) is 35.5 Å². The van der Waals surface area contributed by atoms with E-state index in [0.29, 0.717) is 0 Å². The molecule has 4 fully saturated rings. The molecule has 4 saturated carbocycles. The van der Waals surface area contributed by atoms with Gasteiger partial charge in [0.1, 0.15) is 0 Å². The van der Waals surface area contributed by atoms with Crippen LogP contribution >= 0.6 is 0 Å². The van der Waals surface area contributed by atoms with Gasteiger partial charge in [-0.15, -0.1) is 0 Å². The van der Waals surface area contributed by atoms with E-state index in [0.717, 1.165) is 47.6 Å². The van der Waals surface area contributed by atoms with Crippen molar-refractivity contribution in [1.82, 2.24) is 5.32 Å². The van der Waals surface area contributed by atoms with Gasteiger partial charge in [0.25, 0.3) is 0 Å². The quantitative estimate of drug-likeness (QED) is 0.802. The Labute approximate surface area is 118 Å². The van der Waals surface area contributed by atoms with Crippen LogP contribution in [0.2, 0.25) is 0 Å². The second kappa shape index (κ2) is 4.76. The Hall–Kier alpha value is -0.0400. The van der Waals surface area contributed by atoms with Crippen molar-refractivity contribution in [3.8, 4) is 0 Å². The average Bonchev–Trinajstić information content (AvgIpc) is 3.12. The fourth-order valence-corrected chi connectivity index (χ4v) is 6.59. The molecule has 108 valence electrons. The Morgan fingerprint density at radius 3 is 2.53 bits per heavy atom. The van der Waals surface area contributed by atoms with Gasteiger partial charge < -0.3 is 5.32 Å². The molecule has 4 rings (SSSR count). The number of hydrogen-bond donors (Lipinski definition) is 1. The third-order valence-corrected chi connectivity index (χ3v) is 7.61. The van der Waals surface area contributed by atoms with E-state index in [4.69, 9.17) is 0 Å². The van der Waals surface area contributed by atoms with Crippen LogP contribution in [0.5, 0.6) is 0 Å². The van der Waals surface area contributed by atoms with Crippen LogP contribution in [0.4, 0.5) is 0 Å². The topological polar surface area (TPSA) is 12.0 Å². The summed E-state index contributed by atoms with van der Waals surface area (Å²) in [5, 5.41) is 4.14. The molecule has 0 aliphatic heterocycles. The first-order chi connectivity index (χ1) is 9.28. The normalized spacial score (nSPS) is 55.9. The first-order valence-corrected chi connectivity index (χ1v) is 9.04. The molecule has 0 heterocycles. The van der Waals surface area contributed by atoms with Gasteiger partial charge in [-0.25, -0.2) is 0 Å². The van der Waals surface area contributed by atoms with Crippen molar-refractivity contribution >= 4 is 0 Å². The van der Waals surface area contributed by atoms with Crippen molar-refractivity contribution in [3.63, 3.8) is 0 Å². The van der Waals surface area contributed by atoms with Gasteiger partial charge >= 0.3 is 0 Å². The fraction of sp³-hybridized carbons (Fsp3) is 1.00. The summed E-state index contributed by atoms with van der Waals surface area (Å²) in [5.41, 5.74) is 0. The Morgan fingerprint density at radius 2 is 1.74 bits per heavy atom. The summed E-state index contributed by atoms with van der Waals surface area (Å²) in [6.45, 7) is 4.88. The van der Waals surface area contributed by atoms with Crippen molar-refractivity contribution in [2.45, 2.75) is 77.3 Å².